The number of hydrogen-bond acceptors (Lipinski definition) is 3. The molecule has 3 nitrogen and oxygen atoms in total. The summed E-state index contributed by atoms with van der Waals surface area (Å²) in [4.78, 5) is 12.1. The van der Waals surface area contributed by atoms with Gasteiger partial charge in [-0.2, -0.15) is 0 Å². The van der Waals surface area contributed by atoms with Crippen LogP contribution in [-0.4, -0.2) is 19.1 Å². The normalized spacial score (nSPS) is 14.3. The van der Waals surface area contributed by atoms with Crippen LogP contribution in [0.3, 0.4) is 0 Å². The van der Waals surface area contributed by atoms with Crippen LogP contribution >= 0.6 is 0 Å². The molecule has 1 heterocycles. The lowest BCUT2D eigenvalue weighted by atomic mass is 9.95. The second-order valence-corrected chi connectivity index (χ2v) is 5.54. The Morgan fingerprint density at radius 1 is 1.42 bits per heavy atom. The predicted molar refractivity (Wildman–Crippen MR) is 76.2 cm³/mol. The van der Waals surface area contributed by atoms with Gasteiger partial charge >= 0.3 is 5.97 Å². The standard InChI is InChI=1S/C16H23NO2/c1-12(2)5-4-10-19-16(18)15-7-3-6-13-11-17-9-8-14(13)15/h3,6-7,12,17H,4-5,8-11H2,1-2H3. The molecule has 0 radical (unpaired) electrons. The third-order valence-electron chi connectivity index (χ3n) is 3.52. The number of rotatable bonds is 5. The highest BCUT2D eigenvalue weighted by Crippen LogP contribution is 2.19. The average Bonchev–Trinajstić information content (AvgIpc) is 2.42. The van der Waals surface area contributed by atoms with E-state index in [9.17, 15) is 4.79 Å². The van der Waals surface area contributed by atoms with Gasteiger partial charge in [-0.25, -0.2) is 4.79 Å². The highest BCUT2D eigenvalue weighted by Gasteiger charge is 2.17. The molecule has 0 spiro atoms. The van der Waals surface area contributed by atoms with Crippen molar-refractivity contribution in [1.82, 2.24) is 5.32 Å². The van der Waals surface area contributed by atoms with E-state index in [1.54, 1.807) is 0 Å². The summed E-state index contributed by atoms with van der Waals surface area (Å²) in [5, 5.41) is 3.32. The van der Waals surface area contributed by atoms with E-state index in [1.165, 1.54) is 5.56 Å². The minimum atomic E-state index is -0.164. The van der Waals surface area contributed by atoms with Gasteiger partial charge in [0.1, 0.15) is 0 Å². The van der Waals surface area contributed by atoms with Gasteiger partial charge in [-0.3, -0.25) is 0 Å². The van der Waals surface area contributed by atoms with Crippen molar-refractivity contribution in [3.63, 3.8) is 0 Å². The van der Waals surface area contributed by atoms with E-state index in [0.717, 1.165) is 43.5 Å². The highest BCUT2D eigenvalue weighted by molar-refractivity contribution is 5.91. The van der Waals surface area contributed by atoms with E-state index < -0.39 is 0 Å². The molecule has 0 bridgehead atoms. The second kappa shape index (κ2) is 6.71. The summed E-state index contributed by atoms with van der Waals surface area (Å²) in [6.45, 7) is 6.68. The molecule has 3 heteroatoms. The van der Waals surface area contributed by atoms with Gasteiger partial charge in [-0.1, -0.05) is 26.0 Å². The van der Waals surface area contributed by atoms with Gasteiger partial charge in [0.25, 0.3) is 0 Å². The van der Waals surface area contributed by atoms with Gasteiger partial charge in [0.05, 0.1) is 12.2 Å². The zero-order chi connectivity index (χ0) is 13.7. The van der Waals surface area contributed by atoms with Crippen molar-refractivity contribution in [2.45, 2.75) is 39.7 Å². The molecular formula is C16H23NO2. The summed E-state index contributed by atoms with van der Waals surface area (Å²) >= 11 is 0. The van der Waals surface area contributed by atoms with Crippen molar-refractivity contribution >= 4 is 5.97 Å². The molecule has 1 aromatic rings. The molecule has 0 aliphatic carbocycles. The zero-order valence-electron chi connectivity index (χ0n) is 11.9. The minimum absolute atomic E-state index is 0.164. The van der Waals surface area contributed by atoms with Crippen LogP contribution in [0.15, 0.2) is 18.2 Å². The van der Waals surface area contributed by atoms with Crippen LogP contribution in [-0.2, 0) is 17.7 Å². The summed E-state index contributed by atoms with van der Waals surface area (Å²) in [6.07, 6.45) is 2.96. The Kier molecular flexibility index (Phi) is 4.97. The van der Waals surface area contributed by atoms with E-state index >= 15 is 0 Å². The molecule has 104 valence electrons. The summed E-state index contributed by atoms with van der Waals surface area (Å²) in [5.74, 6) is 0.497. The number of fused-ring (bicyclic) bond motifs is 1. The number of nitrogens with one attached hydrogen (secondary N) is 1. The fourth-order valence-corrected chi connectivity index (χ4v) is 2.46. The lowest BCUT2D eigenvalue weighted by Crippen LogP contribution is -2.25. The topological polar surface area (TPSA) is 38.3 Å². The SMILES string of the molecule is CC(C)CCCOC(=O)c1cccc2c1CCNC2. The molecule has 0 fully saturated rings. The van der Waals surface area contributed by atoms with Crippen LogP contribution < -0.4 is 5.32 Å². The fraction of sp³-hybridized carbons (Fsp3) is 0.562. The van der Waals surface area contributed by atoms with Crippen LogP contribution in [0, 0.1) is 5.92 Å². The maximum Gasteiger partial charge on any atom is 0.338 e. The second-order valence-electron chi connectivity index (χ2n) is 5.54. The van der Waals surface area contributed by atoms with E-state index in [1.807, 2.05) is 12.1 Å². The van der Waals surface area contributed by atoms with E-state index in [4.69, 9.17) is 4.74 Å². The van der Waals surface area contributed by atoms with Gasteiger partial charge in [-0.15, -0.1) is 0 Å². The third kappa shape index (κ3) is 3.80. The summed E-state index contributed by atoms with van der Waals surface area (Å²) in [6, 6.07) is 5.91. The molecule has 2 rings (SSSR count). The number of ether oxygens (including phenoxy) is 1. The average molecular weight is 261 g/mol. The molecule has 1 aliphatic rings. The van der Waals surface area contributed by atoms with Gasteiger partial charge in [0, 0.05) is 6.54 Å². The summed E-state index contributed by atoms with van der Waals surface area (Å²) in [5.41, 5.74) is 3.14. The molecule has 1 aliphatic heterocycles. The van der Waals surface area contributed by atoms with Crippen molar-refractivity contribution in [3.05, 3.63) is 34.9 Å². The van der Waals surface area contributed by atoms with Gasteiger partial charge in [-0.05, 0) is 48.9 Å². The monoisotopic (exact) mass is 261 g/mol. The van der Waals surface area contributed by atoms with Crippen molar-refractivity contribution < 1.29 is 9.53 Å². The molecule has 0 unspecified atom stereocenters. The van der Waals surface area contributed by atoms with E-state index in [-0.39, 0.29) is 5.97 Å². The van der Waals surface area contributed by atoms with Crippen LogP contribution in [0.1, 0.15) is 48.2 Å². The Morgan fingerprint density at radius 2 is 2.26 bits per heavy atom. The molecule has 1 aromatic carbocycles. The van der Waals surface area contributed by atoms with Crippen molar-refractivity contribution in [2.75, 3.05) is 13.2 Å². The van der Waals surface area contributed by atoms with Gasteiger partial charge < -0.3 is 10.1 Å². The van der Waals surface area contributed by atoms with E-state index in [2.05, 4.69) is 25.2 Å². The number of benzene rings is 1. The first-order valence-corrected chi connectivity index (χ1v) is 7.17. The van der Waals surface area contributed by atoms with Gasteiger partial charge in [0.2, 0.25) is 0 Å². The summed E-state index contributed by atoms with van der Waals surface area (Å²) in [7, 11) is 0. The lowest BCUT2D eigenvalue weighted by Gasteiger charge is -2.19. The Bertz CT molecular complexity index is 440. The predicted octanol–water partition coefficient (Wildman–Crippen LogP) is 2.93. The molecule has 0 aromatic heterocycles. The Labute approximate surface area is 115 Å². The van der Waals surface area contributed by atoms with Crippen LogP contribution in [0.4, 0.5) is 0 Å². The first-order valence-electron chi connectivity index (χ1n) is 7.17. The quantitative estimate of drug-likeness (QED) is 0.654. The zero-order valence-corrected chi connectivity index (χ0v) is 11.9. The smallest absolute Gasteiger partial charge is 0.338 e. The molecule has 0 saturated heterocycles. The fourth-order valence-electron chi connectivity index (χ4n) is 2.46. The molecule has 0 saturated carbocycles. The molecule has 0 atom stereocenters. The maximum absolute atomic E-state index is 12.1. The number of carbonyl (C=O) groups excluding carboxylic acids is 1. The summed E-state index contributed by atoms with van der Waals surface area (Å²) < 4.78 is 5.39. The lowest BCUT2D eigenvalue weighted by molar-refractivity contribution is 0.0493. The molecule has 0 amide bonds. The highest BCUT2D eigenvalue weighted by atomic mass is 16.5. The van der Waals surface area contributed by atoms with Crippen LogP contribution in [0.5, 0.6) is 0 Å². The Morgan fingerprint density at radius 3 is 3.05 bits per heavy atom. The largest absolute Gasteiger partial charge is 0.462 e. The van der Waals surface area contributed by atoms with Crippen LogP contribution in [0.25, 0.3) is 0 Å². The van der Waals surface area contributed by atoms with Crippen molar-refractivity contribution in [3.8, 4) is 0 Å². The number of hydrogen-bond donors (Lipinski definition) is 1. The molecule has 1 N–H and O–H groups in total. The van der Waals surface area contributed by atoms with Crippen molar-refractivity contribution in [2.24, 2.45) is 5.92 Å². The first-order chi connectivity index (χ1) is 9.18. The van der Waals surface area contributed by atoms with Gasteiger partial charge in [0.15, 0.2) is 0 Å². The Balaban J connectivity index is 1.95. The molecular weight excluding hydrogens is 238 g/mol. The number of carbonyl (C=O) groups is 1. The Hall–Kier alpha value is -1.35. The molecule has 19 heavy (non-hydrogen) atoms. The van der Waals surface area contributed by atoms with E-state index in [0.29, 0.717) is 12.5 Å². The first kappa shape index (κ1) is 14.1. The minimum Gasteiger partial charge on any atom is -0.462 e. The van der Waals surface area contributed by atoms with Crippen molar-refractivity contribution in [1.29, 1.82) is 0 Å². The van der Waals surface area contributed by atoms with Crippen LogP contribution in [0.2, 0.25) is 0 Å². The maximum atomic E-state index is 12.1. The third-order valence-corrected chi connectivity index (χ3v) is 3.52. The number of esters is 1.